The van der Waals surface area contributed by atoms with E-state index >= 15 is 0 Å². The molecule has 0 unspecified atom stereocenters. The lowest BCUT2D eigenvalue weighted by atomic mass is 10.1. The molecule has 0 aliphatic heterocycles. The van der Waals surface area contributed by atoms with Crippen molar-refractivity contribution in [2.24, 2.45) is 0 Å². The van der Waals surface area contributed by atoms with Crippen LogP contribution in [0.15, 0.2) is 59.7 Å². The van der Waals surface area contributed by atoms with Crippen molar-refractivity contribution in [1.82, 2.24) is 0 Å². The molecule has 0 amide bonds. The molecule has 35 heavy (non-hydrogen) atoms. The summed E-state index contributed by atoms with van der Waals surface area (Å²) >= 11 is 0. The minimum absolute atomic E-state index is 0.197. The Kier molecular flexibility index (Phi) is 10.9. The molecular formula is C29H36O6. The highest BCUT2D eigenvalue weighted by atomic mass is 16.5. The molecule has 0 bridgehead atoms. The second-order valence-corrected chi connectivity index (χ2v) is 8.20. The number of ether oxygens (including phenoxy) is 5. The van der Waals surface area contributed by atoms with Crippen molar-refractivity contribution in [2.75, 3.05) is 35.0 Å². The summed E-state index contributed by atoms with van der Waals surface area (Å²) in [5.74, 6) is 2.34. The van der Waals surface area contributed by atoms with Crippen molar-refractivity contribution >= 4 is 11.9 Å². The third kappa shape index (κ3) is 8.25. The number of methoxy groups -OCH3 is 4. The lowest BCUT2D eigenvalue weighted by molar-refractivity contribution is 0.104. The highest BCUT2D eigenvalue weighted by molar-refractivity contribution is 6.07. The lowest BCUT2D eigenvalue weighted by Gasteiger charge is -2.13. The molecule has 2 rings (SSSR count). The first kappa shape index (κ1) is 27.6. The molecule has 0 spiro atoms. The van der Waals surface area contributed by atoms with Crippen LogP contribution in [0.25, 0.3) is 6.08 Å². The maximum Gasteiger partial charge on any atom is 0.203 e. The van der Waals surface area contributed by atoms with Crippen LogP contribution in [-0.4, -0.2) is 40.8 Å². The van der Waals surface area contributed by atoms with Gasteiger partial charge in [0.15, 0.2) is 28.8 Å². The van der Waals surface area contributed by atoms with E-state index in [-0.39, 0.29) is 5.78 Å². The molecule has 0 fully saturated rings. The molecule has 0 atom stereocenters. The number of rotatable bonds is 13. The van der Waals surface area contributed by atoms with Gasteiger partial charge in [-0.05, 0) is 75.6 Å². The van der Waals surface area contributed by atoms with Gasteiger partial charge in [0, 0.05) is 5.56 Å². The first-order valence-corrected chi connectivity index (χ1v) is 11.4. The summed E-state index contributed by atoms with van der Waals surface area (Å²) in [6.07, 6.45) is 9.58. The first-order chi connectivity index (χ1) is 16.8. The second kappa shape index (κ2) is 13.9. The second-order valence-electron chi connectivity index (χ2n) is 8.20. The molecule has 2 aromatic rings. The zero-order valence-electron chi connectivity index (χ0n) is 21.8. The van der Waals surface area contributed by atoms with E-state index < -0.39 is 0 Å². The van der Waals surface area contributed by atoms with Crippen molar-refractivity contribution in [3.8, 4) is 28.7 Å². The molecule has 2 aromatic carbocycles. The molecule has 0 saturated heterocycles. The van der Waals surface area contributed by atoms with E-state index in [1.807, 2.05) is 18.2 Å². The van der Waals surface area contributed by atoms with Gasteiger partial charge < -0.3 is 23.7 Å². The van der Waals surface area contributed by atoms with Crippen LogP contribution in [0.4, 0.5) is 0 Å². The molecule has 0 saturated carbocycles. The summed E-state index contributed by atoms with van der Waals surface area (Å²) in [5, 5.41) is 0. The van der Waals surface area contributed by atoms with E-state index in [1.165, 1.54) is 38.6 Å². The number of benzene rings is 2. The third-order valence-corrected chi connectivity index (χ3v) is 5.33. The Morgan fingerprint density at radius 2 is 1.46 bits per heavy atom. The van der Waals surface area contributed by atoms with E-state index in [1.54, 1.807) is 25.3 Å². The SMILES string of the molecule is COc1cc(C=CC(=O)c2cc(OC)c(OC)c(OC)c2)ccc1OCC=C(C)CCC=C(C)C. The number of carbonyl (C=O) groups excluding carboxylic acids is 1. The lowest BCUT2D eigenvalue weighted by Crippen LogP contribution is -2.00. The van der Waals surface area contributed by atoms with Gasteiger partial charge >= 0.3 is 0 Å². The summed E-state index contributed by atoms with van der Waals surface area (Å²) in [4.78, 5) is 12.8. The van der Waals surface area contributed by atoms with Crippen LogP contribution in [-0.2, 0) is 0 Å². The van der Waals surface area contributed by atoms with Crippen molar-refractivity contribution in [3.63, 3.8) is 0 Å². The molecule has 0 heterocycles. The van der Waals surface area contributed by atoms with Crippen LogP contribution in [0.2, 0.25) is 0 Å². The molecule has 6 heteroatoms. The van der Waals surface area contributed by atoms with Gasteiger partial charge in [-0.3, -0.25) is 4.79 Å². The number of allylic oxidation sites excluding steroid dienone is 4. The molecule has 6 nitrogen and oxygen atoms in total. The maximum atomic E-state index is 12.8. The quantitative estimate of drug-likeness (QED) is 0.181. The highest BCUT2D eigenvalue weighted by Crippen LogP contribution is 2.38. The third-order valence-electron chi connectivity index (χ3n) is 5.33. The zero-order chi connectivity index (χ0) is 25.8. The van der Waals surface area contributed by atoms with Crippen LogP contribution < -0.4 is 23.7 Å². The maximum absolute atomic E-state index is 12.8. The highest BCUT2D eigenvalue weighted by Gasteiger charge is 2.16. The molecule has 0 radical (unpaired) electrons. The van der Waals surface area contributed by atoms with Crippen LogP contribution >= 0.6 is 0 Å². The predicted molar refractivity (Wildman–Crippen MR) is 140 cm³/mol. The Balaban J connectivity index is 2.10. The summed E-state index contributed by atoms with van der Waals surface area (Å²) in [6.45, 7) is 6.79. The zero-order valence-corrected chi connectivity index (χ0v) is 21.8. The fourth-order valence-electron chi connectivity index (χ4n) is 3.36. The van der Waals surface area contributed by atoms with Crippen molar-refractivity contribution in [3.05, 3.63) is 70.8 Å². The van der Waals surface area contributed by atoms with Crippen LogP contribution in [0.1, 0.15) is 49.5 Å². The standard InChI is InChI=1S/C29H36O6/c1-20(2)9-8-10-21(3)15-16-35-25-14-12-22(17-26(25)31-4)11-13-24(30)23-18-27(32-5)29(34-7)28(19-23)33-6/h9,11-15,17-19H,8,10,16H2,1-7H3. The average molecular weight is 481 g/mol. The van der Waals surface area contributed by atoms with Gasteiger partial charge in [-0.2, -0.15) is 0 Å². The van der Waals surface area contributed by atoms with Gasteiger partial charge in [0.25, 0.3) is 0 Å². The van der Waals surface area contributed by atoms with E-state index in [0.717, 1.165) is 18.4 Å². The number of hydrogen-bond donors (Lipinski definition) is 0. The molecule has 0 aliphatic rings. The molecule has 0 aromatic heterocycles. The number of carbonyl (C=O) groups is 1. The number of ketones is 1. The Labute approximate surface area is 208 Å². The van der Waals surface area contributed by atoms with Gasteiger partial charge in [-0.1, -0.05) is 29.4 Å². The Morgan fingerprint density at radius 1 is 0.800 bits per heavy atom. The monoisotopic (exact) mass is 480 g/mol. The van der Waals surface area contributed by atoms with E-state index in [9.17, 15) is 4.79 Å². The summed E-state index contributed by atoms with van der Waals surface area (Å²) in [7, 11) is 6.14. The smallest absolute Gasteiger partial charge is 0.203 e. The summed E-state index contributed by atoms with van der Waals surface area (Å²) in [5.41, 5.74) is 3.85. The van der Waals surface area contributed by atoms with Crippen LogP contribution in [0, 0.1) is 0 Å². The minimum Gasteiger partial charge on any atom is -0.493 e. The van der Waals surface area contributed by atoms with Gasteiger partial charge in [0.05, 0.1) is 28.4 Å². The van der Waals surface area contributed by atoms with Gasteiger partial charge in [0.1, 0.15) is 6.61 Å². The average Bonchev–Trinajstić information content (AvgIpc) is 2.86. The molecule has 0 aliphatic carbocycles. The van der Waals surface area contributed by atoms with Crippen molar-refractivity contribution < 1.29 is 28.5 Å². The largest absolute Gasteiger partial charge is 0.493 e. The van der Waals surface area contributed by atoms with Crippen molar-refractivity contribution in [1.29, 1.82) is 0 Å². The molecular weight excluding hydrogens is 444 g/mol. The van der Waals surface area contributed by atoms with Crippen LogP contribution in [0.5, 0.6) is 28.7 Å². The first-order valence-electron chi connectivity index (χ1n) is 11.4. The Morgan fingerprint density at radius 3 is 2.03 bits per heavy atom. The summed E-state index contributed by atoms with van der Waals surface area (Å²) in [6, 6.07) is 8.80. The normalized spacial score (nSPS) is 11.2. The van der Waals surface area contributed by atoms with Gasteiger partial charge in [-0.15, -0.1) is 0 Å². The van der Waals surface area contributed by atoms with E-state index in [0.29, 0.717) is 40.9 Å². The number of hydrogen-bond acceptors (Lipinski definition) is 6. The van der Waals surface area contributed by atoms with E-state index in [2.05, 4.69) is 32.9 Å². The summed E-state index contributed by atoms with van der Waals surface area (Å²) < 4.78 is 27.4. The fourth-order valence-corrected chi connectivity index (χ4v) is 3.36. The van der Waals surface area contributed by atoms with Crippen molar-refractivity contribution in [2.45, 2.75) is 33.6 Å². The van der Waals surface area contributed by atoms with Crippen LogP contribution in [0.3, 0.4) is 0 Å². The van der Waals surface area contributed by atoms with Gasteiger partial charge in [0.2, 0.25) is 5.75 Å². The fraction of sp³-hybridized carbons (Fsp3) is 0.345. The van der Waals surface area contributed by atoms with Gasteiger partial charge in [-0.25, -0.2) is 0 Å². The molecule has 0 N–H and O–H groups in total. The molecule has 188 valence electrons. The Bertz CT molecular complexity index is 1070. The predicted octanol–water partition coefficient (Wildman–Crippen LogP) is 6.69. The topological polar surface area (TPSA) is 63.2 Å². The minimum atomic E-state index is -0.197. The van der Waals surface area contributed by atoms with E-state index in [4.69, 9.17) is 23.7 Å². The Hall–Kier alpha value is -3.67.